The molecule has 2 aliphatic rings. The summed E-state index contributed by atoms with van der Waals surface area (Å²) >= 11 is 3.57. The number of carbonyl (C=O) groups is 1. The number of carbonyl (C=O) groups excluding carboxylic acids is 1. The normalized spacial score (nSPS) is 21.5. The Balaban J connectivity index is 0.00000176. The zero-order valence-corrected chi connectivity index (χ0v) is 15.1. The molecule has 2 aliphatic carbocycles. The van der Waals surface area contributed by atoms with E-state index in [1.807, 2.05) is 0 Å². The minimum atomic E-state index is -0.576. The summed E-state index contributed by atoms with van der Waals surface area (Å²) in [7, 11) is 0. The number of hydrogen-bond acceptors (Lipinski definition) is 2. The van der Waals surface area contributed by atoms with E-state index < -0.39 is 5.54 Å². The van der Waals surface area contributed by atoms with Crippen LogP contribution in [0.1, 0.15) is 50.5 Å². The number of hydrogen-bond donors (Lipinski definition) is 2. The van der Waals surface area contributed by atoms with Crippen LogP contribution in [-0.2, 0) is 10.2 Å². The lowest BCUT2D eigenvalue weighted by atomic mass is 9.69. The average Bonchev–Trinajstić information content (AvgIpc) is 3.25. The van der Waals surface area contributed by atoms with Gasteiger partial charge in [-0.25, -0.2) is 0 Å². The van der Waals surface area contributed by atoms with Crippen LogP contribution >= 0.6 is 28.3 Å². The van der Waals surface area contributed by atoms with Gasteiger partial charge in [-0.1, -0.05) is 47.3 Å². The van der Waals surface area contributed by atoms with Gasteiger partial charge in [0.1, 0.15) is 0 Å². The molecule has 0 spiro atoms. The van der Waals surface area contributed by atoms with Crippen LogP contribution in [0.15, 0.2) is 28.7 Å². The Labute approximate surface area is 147 Å². The Morgan fingerprint density at radius 3 is 2.45 bits per heavy atom. The van der Waals surface area contributed by atoms with Crippen molar-refractivity contribution in [1.82, 2.24) is 5.32 Å². The first kappa shape index (κ1) is 17.8. The van der Waals surface area contributed by atoms with Gasteiger partial charge in [0.2, 0.25) is 5.91 Å². The minimum Gasteiger partial charge on any atom is -0.354 e. The molecule has 3 rings (SSSR count). The topological polar surface area (TPSA) is 55.1 Å². The summed E-state index contributed by atoms with van der Waals surface area (Å²) in [6, 6.07) is 8.53. The van der Waals surface area contributed by atoms with Crippen LogP contribution < -0.4 is 11.1 Å². The summed E-state index contributed by atoms with van der Waals surface area (Å²) < 4.78 is 1.11. The molecule has 3 N–H and O–H groups in total. The quantitative estimate of drug-likeness (QED) is 0.828. The Morgan fingerprint density at radius 2 is 1.86 bits per heavy atom. The van der Waals surface area contributed by atoms with Crippen molar-refractivity contribution >= 4 is 34.2 Å². The molecule has 0 aromatic heterocycles. The standard InChI is InChI=1S/C17H23BrN2O.ClH/c18-14-6-4-5-13(11-14)16(7-2-1-3-8-16)12-20-15(21)17(19)9-10-17;/h4-6,11H,1-3,7-10,12,19H2,(H,20,21);1H. The number of halogens is 2. The number of benzene rings is 1. The van der Waals surface area contributed by atoms with Gasteiger partial charge in [-0.15, -0.1) is 12.4 Å². The lowest BCUT2D eigenvalue weighted by Gasteiger charge is -2.38. The Morgan fingerprint density at radius 1 is 1.18 bits per heavy atom. The van der Waals surface area contributed by atoms with E-state index in [-0.39, 0.29) is 23.7 Å². The predicted molar refractivity (Wildman–Crippen MR) is 95.3 cm³/mol. The van der Waals surface area contributed by atoms with Gasteiger partial charge in [0.05, 0.1) is 5.54 Å². The van der Waals surface area contributed by atoms with E-state index in [9.17, 15) is 4.79 Å². The molecule has 3 nitrogen and oxygen atoms in total. The zero-order chi connectivity index (χ0) is 14.9. The SMILES string of the molecule is Cl.NC1(C(=O)NCC2(c3cccc(Br)c3)CCCCC2)CC1. The van der Waals surface area contributed by atoms with Crippen molar-refractivity contribution in [3.05, 3.63) is 34.3 Å². The molecule has 2 fully saturated rings. The van der Waals surface area contributed by atoms with Crippen LogP contribution in [0.4, 0.5) is 0 Å². The summed E-state index contributed by atoms with van der Waals surface area (Å²) in [5.74, 6) is 0.0300. The number of amides is 1. The van der Waals surface area contributed by atoms with Gasteiger partial charge < -0.3 is 11.1 Å². The smallest absolute Gasteiger partial charge is 0.240 e. The van der Waals surface area contributed by atoms with Crippen LogP contribution in [0.5, 0.6) is 0 Å². The number of nitrogens with two attached hydrogens (primary N) is 1. The predicted octanol–water partition coefficient (Wildman–Crippen LogP) is 3.68. The van der Waals surface area contributed by atoms with E-state index in [0.717, 1.165) is 30.2 Å². The molecule has 0 aliphatic heterocycles. The monoisotopic (exact) mass is 386 g/mol. The molecule has 0 unspecified atom stereocenters. The summed E-state index contributed by atoms with van der Waals surface area (Å²) in [4.78, 5) is 12.2. The van der Waals surface area contributed by atoms with E-state index in [4.69, 9.17) is 5.73 Å². The van der Waals surface area contributed by atoms with Crippen molar-refractivity contribution in [1.29, 1.82) is 0 Å². The molecule has 2 saturated carbocycles. The molecule has 1 amide bonds. The van der Waals surface area contributed by atoms with Crippen molar-refractivity contribution in [3.8, 4) is 0 Å². The van der Waals surface area contributed by atoms with Crippen LogP contribution in [0.2, 0.25) is 0 Å². The van der Waals surface area contributed by atoms with Crippen molar-refractivity contribution < 1.29 is 4.79 Å². The second kappa shape index (κ2) is 6.90. The maximum absolute atomic E-state index is 12.2. The molecule has 5 heteroatoms. The van der Waals surface area contributed by atoms with E-state index in [1.165, 1.54) is 24.8 Å². The highest BCUT2D eigenvalue weighted by atomic mass is 79.9. The highest BCUT2D eigenvalue weighted by molar-refractivity contribution is 9.10. The van der Waals surface area contributed by atoms with Gasteiger partial charge in [-0.05, 0) is 43.4 Å². The lowest BCUT2D eigenvalue weighted by Crippen LogP contribution is -2.49. The zero-order valence-electron chi connectivity index (χ0n) is 12.7. The fraction of sp³-hybridized carbons (Fsp3) is 0.588. The van der Waals surface area contributed by atoms with Gasteiger partial charge in [0.25, 0.3) is 0 Å². The Bertz CT molecular complexity index is 539. The molecule has 1 aromatic carbocycles. The van der Waals surface area contributed by atoms with Crippen LogP contribution in [0, 0.1) is 0 Å². The Hall–Kier alpha value is -0.580. The maximum atomic E-state index is 12.2. The second-order valence-electron chi connectivity index (χ2n) is 6.69. The molecule has 0 bridgehead atoms. The largest absolute Gasteiger partial charge is 0.354 e. The first-order valence-electron chi connectivity index (χ1n) is 7.87. The van der Waals surface area contributed by atoms with Gasteiger partial charge in [-0.2, -0.15) is 0 Å². The molecular weight excluding hydrogens is 364 g/mol. The summed E-state index contributed by atoms with van der Waals surface area (Å²) in [5, 5.41) is 3.13. The van der Waals surface area contributed by atoms with E-state index >= 15 is 0 Å². The molecule has 122 valence electrons. The summed E-state index contributed by atoms with van der Waals surface area (Å²) in [5.41, 5.74) is 6.82. The third kappa shape index (κ3) is 3.66. The van der Waals surface area contributed by atoms with Crippen molar-refractivity contribution in [2.24, 2.45) is 5.73 Å². The van der Waals surface area contributed by atoms with Crippen LogP contribution in [0.3, 0.4) is 0 Å². The molecule has 0 atom stereocenters. The molecule has 22 heavy (non-hydrogen) atoms. The molecule has 0 saturated heterocycles. The fourth-order valence-corrected chi connectivity index (χ4v) is 3.80. The third-order valence-electron chi connectivity index (χ3n) is 5.08. The van der Waals surface area contributed by atoms with Crippen LogP contribution in [-0.4, -0.2) is 18.0 Å². The van der Waals surface area contributed by atoms with E-state index in [0.29, 0.717) is 6.54 Å². The lowest BCUT2D eigenvalue weighted by molar-refractivity contribution is -0.123. The van der Waals surface area contributed by atoms with Crippen molar-refractivity contribution in [2.75, 3.05) is 6.54 Å². The second-order valence-corrected chi connectivity index (χ2v) is 7.61. The first-order valence-corrected chi connectivity index (χ1v) is 8.67. The molecule has 0 heterocycles. The third-order valence-corrected chi connectivity index (χ3v) is 5.57. The molecule has 0 radical (unpaired) electrons. The summed E-state index contributed by atoms with van der Waals surface area (Å²) in [6.07, 6.45) is 7.69. The molecular formula is C17H24BrClN2O. The van der Waals surface area contributed by atoms with Crippen molar-refractivity contribution in [2.45, 2.75) is 55.9 Å². The minimum absolute atomic E-state index is 0. The van der Waals surface area contributed by atoms with Crippen molar-refractivity contribution in [3.63, 3.8) is 0 Å². The van der Waals surface area contributed by atoms with E-state index in [2.05, 4.69) is 45.5 Å². The van der Waals surface area contributed by atoms with Crippen LogP contribution in [0.25, 0.3) is 0 Å². The Kier molecular flexibility index (Phi) is 5.57. The number of nitrogens with one attached hydrogen (secondary N) is 1. The van der Waals surface area contributed by atoms with E-state index in [1.54, 1.807) is 0 Å². The fourth-order valence-electron chi connectivity index (χ4n) is 3.40. The highest BCUT2D eigenvalue weighted by Crippen LogP contribution is 2.40. The van der Waals surface area contributed by atoms with Gasteiger partial charge in [-0.3, -0.25) is 4.79 Å². The first-order chi connectivity index (χ1) is 10.0. The molecule has 1 aromatic rings. The van der Waals surface area contributed by atoms with Gasteiger partial charge in [0, 0.05) is 16.4 Å². The number of rotatable bonds is 4. The van der Waals surface area contributed by atoms with Gasteiger partial charge in [0.15, 0.2) is 0 Å². The highest BCUT2D eigenvalue weighted by Gasteiger charge is 2.46. The average molecular weight is 388 g/mol. The van der Waals surface area contributed by atoms with Gasteiger partial charge >= 0.3 is 0 Å². The maximum Gasteiger partial charge on any atom is 0.240 e. The summed E-state index contributed by atoms with van der Waals surface area (Å²) in [6.45, 7) is 0.710.